The minimum Gasteiger partial charge on any atom is -0.457 e. The summed E-state index contributed by atoms with van der Waals surface area (Å²) in [5.41, 5.74) is 6.23. The van der Waals surface area contributed by atoms with Gasteiger partial charge in [-0.15, -0.1) is 0 Å². The number of pyridine rings is 2. The molecule has 0 atom stereocenters. The van der Waals surface area contributed by atoms with Crippen molar-refractivity contribution in [3.63, 3.8) is 0 Å². The zero-order valence-corrected chi connectivity index (χ0v) is 17.7. The number of rotatable bonds is 6. The van der Waals surface area contributed by atoms with E-state index in [1.807, 2.05) is 30.5 Å². The number of H-pyrrole nitrogens is 1. The normalized spacial score (nSPS) is 15.5. The average molecular weight is 425 g/mol. The van der Waals surface area contributed by atoms with E-state index in [1.54, 1.807) is 12.4 Å². The third-order valence-corrected chi connectivity index (χ3v) is 6.34. The molecular weight excluding hydrogens is 400 g/mol. The van der Waals surface area contributed by atoms with Crippen LogP contribution in [0.2, 0.25) is 0 Å². The number of benzene rings is 1. The maximum Gasteiger partial charge on any atom is 0.141 e. The number of carbonyl (C=O) groups excluding carboxylic acids is 1. The lowest BCUT2D eigenvalue weighted by Crippen LogP contribution is -2.23. The Hall–Kier alpha value is -3.51. The Morgan fingerprint density at radius 3 is 2.88 bits per heavy atom. The summed E-state index contributed by atoms with van der Waals surface area (Å²) in [4.78, 5) is 24.4. The average Bonchev–Trinajstić information content (AvgIpc) is 3.58. The zero-order valence-electron chi connectivity index (χ0n) is 17.7. The topological polar surface area (TPSA) is 79.9 Å². The third-order valence-electron chi connectivity index (χ3n) is 6.34. The first-order valence-corrected chi connectivity index (χ1v) is 11.2. The van der Waals surface area contributed by atoms with Gasteiger partial charge in [-0.25, -0.2) is 4.98 Å². The number of carbonyl (C=O) groups is 1. The molecule has 6 heteroatoms. The molecule has 1 aliphatic carbocycles. The van der Waals surface area contributed by atoms with Gasteiger partial charge in [0.05, 0.1) is 5.39 Å². The van der Waals surface area contributed by atoms with Crippen molar-refractivity contribution in [3.8, 4) is 22.6 Å². The van der Waals surface area contributed by atoms with Gasteiger partial charge in [0.2, 0.25) is 0 Å². The number of nitrogens with zero attached hydrogens (tertiary/aromatic N) is 2. The number of ketones is 1. The number of fused-ring (bicyclic) bond motifs is 2. The lowest BCUT2D eigenvalue weighted by molar-refractivity contribution is -0.119. The molecule has 3 aromatic heterocycles. The van der Waals surface area contributed by atoms with Gasteiger partial charge in [0, 0.05) is 48.7 Å². The number of Topliss-reactive ketones (excluding diaryl/α,β-unsaturated/α-hetero) is 1. The van der Waals surface area contributed by atoms with E-state index in [4.69, 9.17) is 4.74 Å². The summed E-state index contributed by atoms with van der Waals surface area (Å²) in [5, 5.41) is 4.34. The Labute approximate surface area is 186 Å². The third kappa shape index (κ3) is 3.67. The summed E-state index contributed by atoms with van der Waals surface area (Å²) >= 11 is 0. The summed E-state index contributed by atoms with van der Waals surface area (Å²) in [7, 11) is 0. The highest BCUT2D eigenvalue weighted by atomic mass is 16.5. The van der Waals surface area contributed by atoms with Crippen LogP contribution in [-0.2, 0) is 24.2 Å². The van der Waals surface area contributed by atoms with Gasteiger partial charge >= 0.3 is 0 Å². The highest BCUT2D eigenvalue weighted by Gasteiger charge is 2.29. The second-order valence-electron chi connectivity index (χ2n) is 8.65. The van der Waals surface area contributed by atoms with Crippen molar-refractivity contribution < 1.29 is 9.53 Å². The Balaban J connectivity index is 1.35. The van der Waals surface area contributed by atoms with Crippen LogP contribution in [0, 0.1) is 5.92 Å². The van der Waals surface area contributed by atoms with Gasteiger partial charge in [0.1, 0.15) is 22.9 Å². The summed E-state index contributed by atoms with van der Waals surface area (Å²) < 4.78 is 6.36. The molecule has 1 saturated carbocycles. The fraction of sp³-hybridized carbons (Fsp3) is 0.269. The predicted octanol–water partition coefficient (Wildman–Crippen LogP) is 4.58. The highest BCUT2D eigenvalue weighted by Crippen LogP contribution is 2.37. The molecule has 4 aromatic rings. The van der Waals surface area contributed by atoms with Crippen molar-refractivity contribution in [2.75, 3.05) is 6.54 Å². The van der Waals surface area contributed by atoms with Gasteiger partial charge in [0.25, 0.3) is 0 Å². The largest absolute Gasteiger partial charge is 0.457 e. The zero-order chi connectivity index (χ0) is 21.5. The van der Waals surface area contributed by atoms with E-state index in [9.17, 15) is 4.79 Å². The van der Waals surface area contributed by atoms with Crippen LogP contribution >= 0.6 is 0 Å². The molecule has 0 bridgehead atoms. The van der Waals surface area contributed by atoms with E-state index >= 15 is 0 Å². The van der Waals surface area contributed by atoms with Gasteiger partial charge in [-0.1, -0.05) is 6.07 Å². The van der Waals surface area contributed by atoms with Gasteiger partial charge in [-0.3, -0.25) is 9.78 Å². The van der Waals surface area contributed by atoms with Gasteiger partial charge in [-0.05, 0) is 72.8 Å². The van der Waals surface area contributed by atoms with Gasteiger partial charge in [-0.2, -0.15) is 0 Å². The van der Waals surface area contributed by atoms with Crippen LogP contribution in [0.15, 0.2) is 55.0 Å². The smallest absolute Gasteiger partial charge is 0.141 e. The van der Waals surface area contributed by atoms with E-state index in [2.05, 4.69) is 32.4 Å². The lowest BCUT2D eigenvalue weighted by Gasteiger charge is -2.18. The van der Waals surface area contributed by atoms with E-state index in [0.717, 1.165) is 71.7 Å². The maximum atomic E-state index is 12.3. The Morgan fingerprint density at radius 1 is 1.06 bits per heavy atom. The van der Waals surface area contributed by atoms with E-state index in [1.165, 1.54) is 11.1 Å². The SMILES string of the molecule is O=C(Cc1cc(-c2c[nH]c3nccc(Oc4ccc5c(c4)CNCC5)c23)ccn1)C1CC1. The Morgan fingerprint density at radius 2 is 1.97 bits per heavy atom. The highest BCUT2D eigenvalue weighted by molar-refractivity contribution is 5.98. The molecule has 160 valence electrons. The van der Waals surface area contributed by atoms with E-state index in [0.29, 0.717) is 12.2 Å². The monoisotopic (exact) mass is 424 g/mol. The molecule has 6 rings (SSSR count). The number of ether oxygens (including phenoxy) is 1. The molecule has 0 amide bonds. The molecule has 0 radical (unpaired) electrons. The number of hydrogen-bond acceptors (Lipinski definition) is 5. The molecule has 2 N–H and O–H groups in total. The van der Waals surface area contributed by atoms with Crippen LogP contribution in [-0.4, -0.2) is 27.3 Å². The molecule has 1 aliphatic heterocycles. The van der Waals surface area contributed by atoms with Crippen LogP contribution in [0.5, 0.6) is 11.5 Å². The first-order valence-electron chi connectivity index (χ1n) is 11.2. The second kappa shape index (κ2) is 7.88. The first-order chi connectivity index (χ1) is 15.7. The van der Waals surface area contributed by atoms with E-state index in [-0.39, 0.29) is 5.92 Å². The molecule has 1 aromatic carbocycles. The molecule has 4 heterocycles. The number of aromatic amines is 1. The van der Waals surface area contributed by atoms with Crippen LogP contribution in [0.1, 0.15) is 29.7 Å². The van der Waals surface area contributed by atoms with E-state index < -0.39 is 0 Å². The van der Waals surface area contributed by atoms with Crippen molar-refractivity contribution in [3.05, 3.63) is 71.8 Å². The molecule has 0 saturated heterocycles. The first kappa shape index (κ1) is 19.2. The second-order valence-corrected chi connectivity index (χ2v) is 8.65. The van der Waals surface area contributed by atoms with Crippen LogP contribution < -0.4 is 10.1 Å². The molecule has 0 unspecified atom stereocenters. The number of nitrogens with one attached hydrogen (secondary N) is 2. The van der Waals surface area contributed by atoms with Gasteiger partial charge < -0.3 is 15.0 Å². The number of aromatic nitrogens is 3. The maximum absolute atomic E-state index is 12.3. The van der Waals surface area contributed by atoms with Crippen molar-refractivity contribution in [1.82, 2.24) is 20.3 Å². The lowest BCUT2D eigenvalue weighted by atomic mass is 10.0. The molecule has 1 fully saturated rings. The number of hydrogen-bond donors (Lipinski definition) is 2. The fourth-order valence-electron chi connectivity index (χ4n) is 4.46. The molecular formula is C26H24N4O2. The summed E-state index contributed by atoms with van der Waals surface area (Å²) in [5.74, 6) is 2.10. The quantitative estimate of drug-likeness (QED) is 0.473. The Kier molecular flexibility index (Phi) is 4.72. The van der Waals surface area contributed by atoms with Crippen molar-refractivity contribution >= 4 is 16.8 Å². The molecule has 32 heavy (non-hydrogen) atoms. The summed E-state index contributed by atoms with van der Waals surface area (Å²) in [6.45, 7) is 1.89. The molecule has 2 aliphatic rings. The minimum absolute atomic E-state index is 0.240. The predicted molar refractivity (Wildman–Crippen MR) is 123 cm³/mol. The van der Waals surface area contributed by atoms with Crippen molar-refractivity contribution in [2.45, 2.75) is 32.2 Å². The van der Waals surface area contributed by atoms with Gasteiger partial charge in [0.15, 0.2) is 0 Å². The van der Waals surface area contributed by atoms with Crippen molar-refractivity contribution in [1.29, 1.82) is 0 Å². The fourth-order valence-corrected chi connectivity index (χ4v) is 4.46. The Bertz CT molecular complexity index is 1320. The van der Waals surface area contributed by atoms with Crippen molar-refractivity contribution in [2.24, 2.45) is 5.92 Å². The minimum atomic E-state index is 0.240. The summed E-state index contributed by atoms with van der Waals surface area (Å²) in [6, 6.07) is 12.2. The van der Waals surface area contributed by atoms with Crippen LogP contribution in [0.4, 0.5) is 0 Å². The molecule has 0 spiro atoms. The molecule has 6 nitrogen and oxygen atoms in total. The van der Waals surface area contributed by atoms with Crippen LogP contribution in [0.3, 0.4) is 0 Å². The van der Waals surface area contributed by atoms with Crippen LogP contribution in [0.25, 0.3) is 22.2 Å². The standard InChI is InChI=1S/C26H24N4O2/c31-23(17-1-2-17)13-20-11-18(6-9-28-20)22-15-30-26-25(22)24(7-10-29-26)32-21-4-3-16-5-8-27-14-19(16)12-21/h3-4,6-7,9-12,15,17,27H,1-2,5,8,13-14H2,(H,29,30). The summed E-state index contributed by atoms with van der Waals surface area (Å²) in [6.07, 6.45) is 8.96.